The van der Waals surface area contributed by atoms with E-state index in [1.165, 1.54) is 6.07 Å². The highest BCUT2D eigenvalue weighted by Crippen LogP contribution is 2.15. The second-order valence-electron chi connectivity index (χ2n) is 2.65. The van der Waals surface area contributed by atoms with E-state index in [-0.39, 0.29) is 5.82 Å². The maximum absolute atomic E-state index is 10.5. The minimum Gasteiger partial charge on any atom is -0.358 e. The molecule has 0 aliphatic rings. The first-order valence-corrected chi connectivity index (χ1v) is 6.26. The second kappa shape index (κ2) is 5.45. The molecule has 1 aromatic heterocycles. The quantitative estimate of drug-likeness (QED) is 0.474. The summed E-state index contributed by atoms with van der Waals surface area (Å²) in [6.07, 6.45) is 0.902. The largest absolute Gasteiger partial charge is 0.390 e. The van der Waals surface area contributed by atoms with Crippen LogP contribution >= 0.6 is 31.9 Å². The van der Waals surface area contributed by atoms with Crippen LogP contribution in [-0.4, -0.2) is 20.0 Å². The van der Waals surface area contributed by atoms with Gasteiger partial charge in [0.1, 0.15) is 0 Å². The first-order valence-electron chi connectivity index (χ1n) is 4.02. The number of halogens is 2. The predicted molar refractivity (Wildman–Crippen MR) is 59.9 cm³/mol. The van der Waals surface area contributed by atoms with Crippen molar-refractivity contribution in [2.45, 2.75) is 18.3 Å². The Bertz CT molecular complexity index is 327. The van der Waals surface area contributed by atoms with E-state index in [4.69, 9.17) is 0 Å². The number of hydrogen-bond donors (Lipinski definition) is 0. The predicted octanol–water partition coefficient (Wildman–Crippen LogP) is 2.47. The molecule has 14 heavy (non-hydrogen) atoms. The number of nitrogens with zero attached hydrogens (tertiary/aromatic N) is 3. The Hall–Kier alpha value is -0.430. The second-order valence-corrected chi connectivity index (χ2v) is 4.00. The average Bonchev–Trinajstić information content (AvgIpc) is 2.57. The van der Waals surface area contributed by atoms with Gasteiger partial charge >= 0.3 is 5.82 Å². The Morgan fingerprint density at radius 1 is 1.57 bits per heavy atom. The van der Waals surface area contributed by atoms with Crippen molar-refractivity contribution in [3.05, 3.63) is 21.9 Å². The number of aryl methyl sites for hydroxylation is 1. The van der Waals surface area contributed by atoms with E-state index in [1.54, 1.807) is 4.68 Å². The van der Waals surface area contributed by atoms with Crippen LogP contribution in [0.2, 0.25) is 0 Å². The van der Waals surface area contributed by atoms with Gasteiger partial charge in [-0.15, -0.1) is 0 Å². The van der Waals surface area contributed by atoms with Gasteiger partial charge in [-0.05, 0) is 11.3 Å². The van der Waals surface area contributed by atoms with Crippen LogP contribution in [0.25, 0.3) is 0 Å². The van der Waals surface area contributed by atoms with Crippen molar-refractivity contribution in [3.8, 4) is 0 Å². The molecule has 0 N–H and O–H groups in total. The molecular weight excluding hydrogens is 318 g/mol. The lowest BCUT2D eigenvalue weighted by molar-refractivity contribution is -0.389. The minimum atomic E-state index is -0.475. The lowest BCUT2D eigenvalue weighted by Crippen LogP contribution is -2.04. The molecule has 7 heteroatoms. The molecule has 0 aliphatic heterocycles. The topological polar surface area (TPSA) is 61.0 Å². The van der Waals surface area contributed by atoms with Gasteiger partial charge in [-0.2, -0.15) is 4.68 Å². The summed E-state index contributed by atoms with van der Waals surface area (Å²) >= 11 is 6.57. The maximum atomic E-state index is 10.5. The van der Waals surface area contributed by atoms with Crippen molar-refractivity contribution in [3.63, 3.8) is 0 Å². The molecule has 78 valence electrons. The first kappa shape index (κ1) is 11.6. The summed E-state index contributed by atoms with van der Waals surface area (Å²) < 4.78 is 1.66. The van der Waals surface area contributed by atoms with Gasteiger partial charge < -0.3 is 10.1 Å². The number of nitro groups is 1. The van der Waals surface area contributed by atoms with Gasteiger partial charge in [0.25, 0.3) is 0 Å². The van der Waals surface area contributed by atoms with Crippen LogP contribution in [0, 0.1) is 10.1 Å². The highest BCUT2D eigenvalue weighted by Gasteiger charge is 2.16. The van der Waals surface area contributed by atoms with E-state index in [1.807, 2.05) is 0 Å². The standard InChI is InChI=1S/C7H9Br2N3O2/c8-2-1-3-11-6(5-9)4-7(10-11)12(13)14/h4H,1-3,5H2. The first-order chi connectivity index (χ1) is 6.69. The van der Waals surface area contributed by atoms with Crippen molar-refractivity contribution in [1.29, 1.82) is 0 Å². The molecule has 0 aromatic carbocycles. The molecule has 0 saturated carbocycles. The Balaban J connectivity index is 2.85. The van der Waals surface area contributed by atoms with Crippen LogP contribution in [0.5, 0.6) is 0 Å². The fraction of sp³-hybridized carbons (Fsp3) is 0.571. The van der Waals surface area contributed by atoms with Crippen LogP contribution in [-0.2, 0) is 11.9 Å². The third-order valence-corrected chi connectivity index (χ3v) is 2.81. The van der Waals surface area contributed by atoms with Crippen LogP contribution in [0.15, 0.2) is 6.07 Å². The molecule has 0 atom stereocenters. The van der Waals surface area contributed by atoms with Gasteiger partial charge in [0.15, 0.2) is 0 Å². The molecule has 0 bridgehead atoms. The van der Waals surface area contributed by atoms with Gasteiger partial charge in [-0.3, -0.25) is 0 Å². The molecule has 1 rings (SSSR count). The third kappa shape index (κ3) is 2.78. The van der Waals surface area contributed by atoms with Crippen LogP contribution in [0.4, 0.5) is 5.82 Å². The van der Waals surface area contributed by atoms with Crippen molar-refractivity contribution >= 4 is 37.7 Å². The van der Waals surface area contributed by atoms with Crippen molar-refractivity contribution < 1.29 is 4.92 Å². The van der Waals surface area contributed by atoms with Crippen molar-refractivity contribution in [2.24, 2.45) is 0 Å². The van der Waals surface area contributed by atoms with Crippen LogP contribution in [0.1, 0.15) is 12.1 Å². The van der Waals surface area contributed by atoms with Crippen LogP contribution < -0.4 is 0 Å². The molecule has 0 saturated heterocycles. The lowest BCUT2D eigenvalue weighted by atomic mass is 10.4. The number of alkyl halides is 2. The van der Waals surface area contributed by atoms with Gasteiger partial charge in [0, 0.05) is 10.7 Å². The molecule has 0 amide bonds. The number of hydrogen-bond acceptors (Lipinski definition) is 3. The van der Waals surface area contributed by atoms with Gasteiger partial charge in [-0.25, -0.2) is 0 Å². The minimum absolute atomic E-state index is 0.0889. The Morgan fingerprint density at radius 3 is 2.79 bits per heavy atom. The van der Waals surface area contributed by atoms with Crippen LogP contribution in [0.3, 0.4) is 0 Å². The average molecular weight is 327 g/mol. The SMILES string of the molecule is O=[N+]([O-])c1cc(CBr)n(CCCBr)n1. The fourth-order valence-corrected chi connectivity index (χ4v) is 1.74. The summed E-state index contributed by atoms with van der Waals surface area (Å²) in [6, 6.07) is 1.49. The summed E-state index contributed by atoms with van der Waals surface area (Å²) in [5.41, 5.74) is 0.831. The Labute approximate surface area is 97.9 Å². The molecule has 0 aliphatic carbocycles. The van der Waals surface area contributed by atoms with E-state index in [9.17, 15) is 10.1 Å². The summed E-state index contributed by atoms with van der Waals surface area (Å²) in [5.74, 6) is -0.0889. The Morgan fingerprint density at radius 2 is 2.29 bits per heavy atom. The highest BCUT2D eigenvalue weighted by atomic mass is 79.9. The summed E-state index contributed by atoms with van der Waals surface area (Å²) in [4.78, 5) is 9.99. The molecule has 0 radical (unpaired) electrons. The summed E-state index contributed by atoms with van der Waals surface area (Å²) in [5, 5.41) is 15.8. The molecule has 1 aromatic rings. The third-order valence-electron chi connectivity index (χ3n) is 1.68. The lowest BCUT2D eigenvalue weighted by Gasteiger charge is -1.97. The zero-order chi connectivity index (χ0) is 10.6. The zero-order valence-electron chi connectivity index (χ0n) is 7.32. The molecule has 5 nitrogen and oxygen atoms in total. The molecular formula is C7H9Br2N3O2. The monoisotopic (exact) mass is 325 g/mol. The van der Waals surface area contributed by atoms with Crippen molar-refractivity contribution in [1.82, 2.24) is 9.78 Å². The smallest absolute Gasteiger partial charge is 0.358 e. The van der Waals surface area contributed by atoms with E-state index >= 15 is 0 Å². The van der Waals surface area contributed by atoms with Gasteiger partial charge in [0.05, 0.1) is 23.4 Å². The van der Waals surface area contributed by atoms with Gasteiger partial charge in [0.2, 0.25) is 0 Å². The number of aromatic nitrogens is 2. The normalized spacial score (nSPS) is 10.4. The van der Waals surface area contributed by atoms with E-state index in [0.29, 0.717) is 11.9 Å². The fourth-order valence-electron chi connectivity index (χ4n) is 1.04. The molecule has 1 heterocycles. The van der Waals surface area contributed by atoms with Gasteiger partial charge in [-0.1, -0.05) is 31.9 Å². The summed E-state index contributed by atoms with van der Waals surface area (Å²) in [7, 11) is 0. The van der Waals surface area contributed by atoms with E-state index in [2.05, 4.69) is 37.0 Å². The van der Waals surface area contributed by atoms with E-state index < -0.39 is 4.92 Å². The molecule has 0 spiro atoms. The number of rotatable bonds is 5. The van der Waals surface area contributed by atoms with Crippen molar-refractivity contribution in [2.75, 3.05) is 5.33 Å². The molecule has 0 unspecified atom stereocenters. The highest BCUT2D eigenvalue weighted by molar-refractivity contribution is 9.09. The van der Waals surface area contributed by atoms with E-state index in [0.717, 1.165) is 17.4 Å². The Kier molecular flexibility index (Phi) is 4.53. The molecule has 0 fully saturated rings. The zero-order valence-corrected chi connectivity index (χ0v) is 10.5. The summed E-state index contributed by atoms with van der Waals surface area (Å²) in [6.45, 7) is 0.694. The maximum Gasteiger partial charge on any atom is 0.390 e.